The molecule has 0 aromatic carbocycles. The van der Waals surface area contributed by atoms with Crippen molar-refractivity contribution in [3.8, 4) is 0 Å². The van der Waals surface area contributed by atoms with E-state index in [0.29, 0.717) is 0 Å². The highest BCUT2D eigenvalue weighted by Gasteiger charge is 2.14. The minimum absolute atomic E-state index is 0. The maximum Gasteiger partial charge on any atom is 0.372 e. The number of hydrogen-bond donors (Lipinski definition) is 1. The zero-order valence-corrected chi connectivity index (χ0v) is 6.07. The number of rotatable bonds is 2. The van der Waals surface area contributed by atoms with E-state index in [1.165, 1.54) is 0 Å². The highest BCUT2D eigenvalue weighted by Crippen LogP contribution is 1.92. The van der Waals surface area contributed by atoms with Gasteiger partial charge in [-0.25, -0.2) is 4.79 Å². The van der Waals surface area contributed by atoms with Gasteiger partial charge < -0.3 is 5.11 Å². The molecule has 0 aliphatic rings. The smallest absolute Gasteiger partial charge is 0.372 e. The van der Waals surface area contributed by atoms with Gasteiger partial charge in [0.25, 0.3) is 0 Å². The second-order valence-electron chi connectivity index (χ2n) is 1.82. The lowest BCUT2D eigenvalue weighted by atomic mass is 10.1. The van der Waals surface area contributed by atoms with E-state index in [1.807, 2.05) is 0 Å². The van der Waals surface area contributed by atoms with Gasteiger partial charge in [-0.1, -0.05) is 13.8 Å². The number of halogens is 1. The lowest BCUT2D eigenvalue weighted by Crippen LogP contribution is -2.18. The fourth-order valence-electron chi connectivity index (χ4n) is 0.247. The Morgan fingerprint density at radius 3 is 1.67 bits per heavy atom. The number of carbonyl (C=O) groups excluding carboxylic acids is 1. The first-order valence-electron chi connectivity index (χ1n) is 2.33. The predicted molar refractivity (Wildman–Crippen MR) is 34.7 cm³/mol. The number of aliphatic carboxylic acids is 1. The Kier molecular flexibility index (Phi) is 5.41. The third kappa shape index (κ3) is 3.97. The zero-order valence-electron chi connectivity index (χ0n) is 5.25. The molecule has 0 heterocycles. The molecule has 0 atom stereocenters. The largest absolute Gasteiger partial charge is 0.475 e. The van der Waals surface area contributed by atoms with E-state index < -0.39 is 17.7 Å². The molecule has 0 fully saturated rings. The minimum atomic E-state index is -1.35. The van der Waals surface area contributed by atoms with Crippen LogP contribution in [0.1, 0.15) is 13.8 Å². The van der Waals surface area contributed by atoms with Crippen LogP contribution in [0.4, 0.5) is 0 Å². The summed E-state index contributed by atoms with van der Waals surface area (Å²) in [6.45, 7) is 3.10. The summed E-state index contributed by atoms with van der Waals surface area (Å²) < 4.78 is 0. The highest BCUT2D eigenvalue weighted by atomic mass is 35.5. The second kappa shape index (κ2) is 4.32. The Morgan fingerprint density at radius 1 is 1.33 bits per heavy atom. The molecule has 0 unspecified atom stereocenters. The average Bonchev–Trinajstić information content (AvgIpc) is 1.64. The molecule has 0 rings (SSSR count). The Hall–Kier alpha value is -0.570. The Labute approximate surface area is 59.5 Å². The van der Waals surface area contributed by atoms with Crippen LogP contribution in [-0.4, -0.2) is 16.9 Å². The molecule has 1 N–H and O–H groups in total. The van der Waals surface area contributed by atoms with Crippen molar-refractivity contribution in [1.29, 1.82) is 0 Å². The summed E-state index contributed by atoms with van der Waals surface area (Å²) in [4.78, 5) is 20.0. The van der Waals surface area contributed by atoms with Crippen LogP contribution in [0, 0.1) is 5.92 Å². The molecule has 3 nitrogen and oxygen atoms in total. The van der Waals surface area contributed by atoms with Gasteiger partial charge in [0.1, 0.15) is 0 Å². The van der Waals surface area contributed by atoms with Crippen molar-refractivity contribution in [1.82, 2.24) is 0 Å². The van der Waals surface area contributed by atoms with E-state index in [0.717, 1.165) is 0 Å². The standard InChI is InChI=1S/C5H8O3.ClH/c1-3(2)4(6)5(7)8;/h3H,1-2H3,(H,7,8);1H. The maximum atomic E-state index is 10.2. The first kappa shape index (κ1) is 11.3. The summed E-state index contributed by atoms with van der Waals surface area (Å²) in [5.74, 6) is -2.47. The Balaban J connectivity index is 0. The first-order chi connectivity index (χ1) is 3.55. The summed E-state index contributed by atoms with van der Waals surface area (Å²) in [5.41, 5.74) is 0. The lowest BCUT2D eigenvalue weighted by molar-refractivity contribution is -0.150. The van der Waals surface area contributed by atoms with E-state index in [2.05, 4.69) is 0 Å². The average molecular weight is 153 g/mol. The molecular weight excluding hydrogens is 144 g/mol. The fraction of sp³-hybridized carbons (Fsp3) is 0.600. The third-order valence-corrected chi connectivity index (χ3v) is 0.735. The van der Waals surface area contributed by atoms with Crippen LogP contribution in [0.25, 0.3) is 0 Å². The number of carboxylic acid groups (broad SMARTS) is 1. The first-order valence-corrected chi connectivity index (χ1v) is 2.33. The summed E-state index contributed by atoms with van der Waals surface area (Å²) in [6, 6.07) is 0. The molecule has 0 saturated carbocycles. The van der Waals surface area contributed by atoms with Crippen LogP contribution in [0.5, 0.6) is 0 Å². The van der Waals surface area contributed by atoms with Crippen LogP contribution in [0.15, 0.2) is 0 Å². The molecule has 0 amide bonds. The van der Waals surface area contributed by atoms with Crippen LogP contribution in [0.3, 0.4) is 0 Å². The van der Waals surface area contributed by atoms with Gasteiger partial charge in [0.15, 0.2) is 0 Å². The van der Waals surface area contributed by atoms with Gasteiger partial charge in [-0.2, -0.15) is 0 Å². The summed E-state index contributed by atoms with van der Waals surface area (Å²) in [5, 5.41) is 8.00. The van der Waals surface area contributed by atoms with Gasteiger partial charge in [0.2, 0.25) is 5.78 Å². The molecule has 0 radical (unpaired) electrons. The van der Waals surface area contributed by atoms with Gasteiger partial charge in [-0.3, -0.25) is 4.79 Å². The third-order valence-electron chi connectivity index (χ3n) is 0.735. The minimum Gasteiger partial charge on any atom is -0.475 e. The fourth-order valence-corrected chi connectivity index (χ4v) is 0.247. The molecule has 0 bridgehead atoms. The second-order valence-corrected chi connectivity index (χ2v) is 1.82. The summed E-state index contributed by atoms with van der Waals surface area (Å²) >= 11 is 0. The molecule has 54 valence electrons. The molecule has 0 aromatic heterocycles. The van der Waals surface area contributed by atoms with Crippen LogP contribution in [0.2, 0.25) is 0 Å². The summed E-state index contributed by atoms with van der Waals surface area (Å²) in [7, 11) is 0. The monoisotopic (exact) mass is 152 g/mol. The van der Waals surface area contributed by atoms with Crippen LogP contribution in [-0.2, 0) is 9.59 Å². The number of carboxylic acids is 1. The van der Waals surface area contributed by atoms with Gasteiger partial charge in [0, 0.05) is 5.92 Å². The molecule has 0 aromatic rings. The van der Waals surface area contributed by atoms with E-state index in [1.54, 1.807) is 13.8 Å². The SMILES string of the molecule is CC(C)C(=O)C(=O)O.Cl. The van der Waals surface area contributed by atoms with Gasteiger partial charge in [-0.05, 0) is 0 Å². The van der Waals surface area contributed by atoms with Crippen molar-refractivity contribution in [3.63, 3.8) is 0 Å². The topological polar surface area (TPSA) is 54.4 Å². The van der Waals surface area contributed by atoms with Crippen molar-refractivity contribution < 1.29 is 14.7 Å². The van der Waals surface area contributed by atoms with Gasteiger partial charge >= 0.3 is 5.97 Å². The lowest BCUT2D eigenvalue weighted by Gasteiger charge is -1.93. The van der Waals surface area contributed by atoms with Gasteiger partial charge in [-0.15, -0.1) is 12.4 Å². The van der Waals surface area contributed by atoms with E-state index in [4.69, 9.17) is 5.11 Å². The van der Waals surface area contributed by atoms with E-state index >= 15 is 0 Å². The van der Waals surface area contributed by atoms with Crippen molar-refractivity contribution in [3.05, 3.63) is 0 Å². The Bertz CT molecular complexity index is 119. The molecule has 9 heavy (non-hydrogen) atoms. The van der Waals surface area contributed by atoms with E-state index in [9.17, 15) is 9.59 Å². The molecule has 0 aliphatic heterocycles. The number of ketones is 1. The molecular formula is C5H9ClO3. The maximum absolute atomic E-state index is 10.2. The highest BCUT2D eigenvalue weighted by molar-refractivity contribution is 6.33. The summed E-state index contributed by atoms with van der Waals surface area (Å²) in [6.07, 6.45) is 0. The quantitative estimate of drug-likeness (QED) is 0.594. The van der Waals surface area contributed by atoms with Crippen LogP contribution < -0.4 is 0 Å². The van der Waals surface area contributed by atoms with E-state index in [-0.39, 0.29) is 12.4 Å². The van der Waals surface area contributed by atoms with Crippen molar-refractivity contribution in [2.24, 2.45) is 5.92 Å². The Morgan fingerprint density at radius 2 is 1.67 bits per heavy atom. The molecule has 0 aliphatic carbocycles. The molecule has 4 heteroatoms. The molecule has 0 saturated heterocycles. The van der Waals surface area contributed by atoms with Crippen LogP contribution >= 0.6 is 12.4 Å². The number of carbonyl (C=O) groups is 2. The normalized spacial score (nSPS) is 8.33. The predicted octanol–water partition coefficient (Wildman–Crippen LogP) is 0.718. The number of Topliss-reactive ketones (excluding diaryl/α,β-unsaturated/α-hetero) is 1. The zero-order chi connectivity index (χ0) is 6.73. The van der Waals surface area contributed by atoms with Crippen molar-refractivity contribution >= 4 is 24.2 Å². The molecule has 0 spiro atoms. The van der Waals surface area contributed by atoms with Crippen molar-refractivity contribution in [2.45, 2.75) is 13.8 Å². The number of hydrogen-bond acceptors (Lipinski definition) is 2. The van der Waals surface area contributed by atoms with Crippen molar-refractivity contribution in [2.75, 3.05) is 0 Å². The van der Waals surface area contributed by atoms with Gasteiger partial charge in [0.05, 0.1) is 0 Å².